The highest BCUT2D eigenvalue weighted by Crippen LogP contribution is 2.26. The van der Waals surface area contributed by atoms with Crippen molar-refractivity contribution in [1.29, 1.82) is 0 Å². The average molecular weight is 291 g/mol. The van der Waals surface area contributed by atoms with E-state index in [1.807, 2.05) is 12.1 Å². The number of benzene rings is 1. The van der Waals surface area contributed by atoms with E-state index < -0.39 is 5.97 Å². The van der Waals surface area contributed by atoms with Gasteiger partial charge in [-0.1, -0.05) is 12.1 Å². The van der Waals surface area contributed by atoms with Crippen LogP contribution < -0.4 is 5.32 Å². The second-order valence-corrected chi connectivity index (χ2v) is 6.06. The lowest BCUT2D eigenvalue weighted by atomic mass is 9.90. The molecule has 1 aliphatic heterocycles. The molecule has 2 N–H and O–H groups in total. The molecule has 2 unspecified atom stereocenters. The van der Waals surface area contributed by atoms with Gasteiger partial charge < -0.3 is 15.2 Å². The van der Waals surface area contributed by atoms with Crippen LogP contribution in [0.25, 0.3) is 0 Å². The third-order valence-electron chi connectivity index (χ3n) is 4.05. The van der Waals surface area contributed by atoms with Gasteiger partial charge in [0, 0.05) is 6.54 Å². The lowest BCUT2D eigenvalue weighted by Crippen LogP contribution is -2.31. The predicted octanol–water partition coefficient (Wildman–Crippen LogP) is 3.07. The predicted molar refractivity (Wildman–Crippen MR) is 82.5 cm³/mol. The molecule has 21 heavy (non-hydrogen) atoms. The van der Waals surface area contributed by atoms with Crippen molar-refractivity contribution in [2.75, 3.05) is 6.54 Å². The van der Waals surface area contributed by atoms with E-state index in [1.54, 1.807) is 12.1 Å². The van der Waals surface area contributed by atoms with Crippen molar-refractivity contribution < 1.29 is 14.6 Å². The van der Waals surface area contributed by atoms with Crippen LogP contribution in [-0.2, 0) is 11.3 Å². The maximum absolute atomic E-state index is 10.8. The Balaban J connectivity index is 1.68. The fraction of sp³-hybridized carbons (Fsp3) is 0.588. The van der Waals surface area contributed by atoms with Crippen molar-refractivity contribution in [3.8, 4) is 0 Å². The van der Waals surface area contributed by atoms with E-state index >= 15 is 0 Å². The maximum Gasteiger partial charge on any atom is 0.335 e. The number of ether oxygens (including phenoxy) is 1. The molecule has 1 aliphatic rings. The molecule has 0 amide bonds. The average Bonchev–Trinajstić information content (AvgIpc) is 2.43. The van der Waals surface area contributed by atoms with Gasteiger partial charge in [-0.15, -0.1) is 0 Å². The van der Waals surface area contributed by atoms with Gasteiger partial charge in [-0.05, 0) is 63.3 Å². The number of carbonyl (C=O) groups is 1. The third kappa shape index (κ3) is 5.14. The first-order valence-corrected chi connectivity index (χ1v) is 7.73. The van der Waals surface area contributed by atoms with Crippen LogP contribution in [0, 0.1) is 5.92 Å². The molecule has 4 heteroatoms. The molecule has 116 valence electrons. The number of hydrogen-bond acceptors (Lipinski definition) is 3. The Bertz CT molecular complexity index is 448. The van der Waals surface area contributed by atoms with Gasteiger partial charge in [0.25, 0.3) is 0 Å². The van der Waals surface area contributed by atoms with Crippen molar-refractivity contribution in [3.63, 3.8) is 0 Å². The Hall–Kier alpha value is -1.39. The zero-order valence-electron chi connectivity index (χ0n) is 12.8. The van der Waals surface area contributed by atoms with Crippen molar-refractivity contribution in [3.05, 3.63) is 35.4 Å². The molecule has 1 heterocycles. The standard InChI is InChI=1S/C17H25NO3/c1-12-9-15(10-13(2)21-12)7-8-18-11-14-3-5-16(6-4-14)17(19)20/h3-6,12-13,15,18H,7-11H2,1-2H3,(H,19,20). The minimum Gasteiger partial charge on any atom is -0.478 e. The van der Waals surface area contributed by atoms with Crippen molar-refractivity contribution >= 4 is 5.97 Å². The summed E-state index contributed by atoms with van der Waals surface area (Å²) in [4.78, 5) is 10.8. The van der Waals surface area contributed by atoms with Gasteiger partial charge >= 0.3 is 5.97 Å². The molecule has 0 saturated carbocycles. The maximum atomic E-state index is 10.8. The summed E-state index contributed by atoms with van der Waals surface area (Å²) >= 11 is 0. The fourth-order valence-electron chi connectivity index (χ4n) is 3.08. The molecular formula is C17H25NO3. The highest BCUT2D eigenvalue weighted by atomic mass is 16.5. The van der Waals surface area contributed by atoms with Crippen LogP contribution in [0.4, 0.5) is 0 Å². The summed E-state index contributed by atoms with van der Waals surface area (Å²) in [6.07, 6.45) is 4.23. The molecule has 1 fully saturated rings. The number of hydrogen-bond donors (Lipinski definition) is 2. The minimum atomic E-state index is -0.878. The summed E-state index contributed by atoms with van der Waals surface area (Å²) < 4.78 is 5.75. The fourth-order valence-corrected chi connectivity index (χ4v) is 3.08. The van der Waals surface area contributed by atoms with Crippen molar-refractivity contribution in [2.45, 2.75) is 51.9 Å². The first-order valence-electron chi connectivity index (χ1n) is 7.73. The molecule has 1 aromatic rings. The van der Waals surface area contributed by atoms with Crippen molar-refractivity contribution in [1.82, 2.24) is 5.32 Å². The molecule has 1 aromatic carbocycles. The summed E-state index contributed by atoms with van der Waals surface area (Å²) in [5.74, 6) is -0.136. The molecular weight excluding hydrogens is 266 g/mol. The van der Waals surface area contributed by atoms with Gasteiger partial charge in [0.2, 0.25) is 0 Å². The Morgan fingerprint density at radius 2 is 1.86 bits per heavy atom. The van der Waals surface area contributed by atoms with Crippen LogP contribution in [0.3, 0.4) is 0 Å². The first kappa shape index (κ1) is 16.0. The van der Waals surface area contributed by atoms with Crippen LogP contribution in [0.1, 0.15) is 49.0 Å². The SMILES string of the molecule is CC1CC(CCNCc2ccc(C(=O)O)cc2)CC(C)O1. The van der Waals surface area contributed by atoms with E-state index in [0.717, 1.165) is 37.4 Å². The van der Waals surface area contributed by atoms with Crippen LogP contribution in [0.5, 0.6) is 0 Å². The number of carboxylic acid groups (broad SMARTS) is 1. The van der Waals surface area contributed by atoms with Gasteiger partial charge in [0.15, 0.2) is 0 Å². The summed E-state index contributed by atoms with van der Waals surface area (Å²) in [6, 6.07) is 7.05. The molecule has 0 spiro atoms. The van der Waals surface area contributed by atoms with Gasteiger partial charge in [-0.25, -0.2) is 4.79 Å². The van der Waals surface area contributed by atoms with E-state index in [1.165, 1.54) is 6.42 Å². The van der Waals surface area contributed by atoms with Crippen LogP contribution in [-0.4, -0.2) is 29.8 Å². The lowest BCUT2D eigenvalue weighted by molar-refractivity contribution is -0.0532. The van der Waals surface area contributed by atoms with Gasteiger partial charge in [-0.2, -0.15) is 0 Å². The zero-order chi connectivity index (χ0) is 15.2. The lowest BCUT2D eigenvalue weighted by Gasteiger charge is -2.32. The largest absolute Gasteiger partial charge is 0.478 e. The summed E-state index contributed by atoms with van der Waals surface area (Å²) in [6.45, 7) is 6.08. The number of nitrogens with one attached hydrogen (secondary N) is 1. The Morgan fingerprint density at radius 3 is 2.43 bits per heavy atom. The van der Waals surface area contributed by atoms with E-state index in [2.05, 4.69) is 19.2 Å². The highest BCUT2D eigenvalue weighted by molar-refractivity contribution is 5.87. The quantitative estimate of drug-likeness (QED) is 0.791. The Morgan fingerprint density at radius 1 is 1.24 bits per heavy atom. The van der Waals surface area contributed by atoms with Crippen molar-refractivity contribution in [2.24, 2.45) is 5.92 Å². The smallest absolute Gasteiger partial charge is 0.335 e. The molecule has 0 radical (unpaired) electrons. The van der Waals surface area contributed by atoms with E-state index in [0.29, 0.717) is 17.8 Å². The molecule has 1 saturated heterocycles. The second kappa shape index (κ2) is 7.57. The Labute approximate surface area is 126 Å². The molecule has 2 rings (SSSR count). The number of rotatable bonds is 6. The van der Waals surface area contributed by atoms with E-state index in [-0.39, 0.29) is 0 Å². The number of aromatic carboxylic acids is 1. The molecule has 0 bridgehead atoms. The molecule has 2 atom stereocenters. The third-order valence-corrected chi connectivity index (χ3v) is 4.05. The van der Waals surface area contributed by atoms with Gasteiger partial charge in [0.05, 0.1) is 17.8 Å². The van der Waals surface area contributed by atoms with E-state index in [4.69, 9.17) is 9.84 Å². The monoisotopic (exact) mass is 291 g/mol. The molecule has 0 aromatic heterocycles. The van der Waals surface area contributed by atoms with Crippen LogP contribution >= 0.6 is 0 Å². The highest BCUT2D eigenvalue weighted by Gasteiger charge is 2.23. The van der Waals surface area contributed by atoms with E-state index in [9.17, 15) is 4.79 Å². The van der Waals surface area contributed by atoms with Gasteiger partial charge in [0.1, 0.15) is 0 Å². The zero-order valence-corrected chi connectivity index (χ0v) is 12.8. The summed E-state index contributed by atoms with van der Waals surface area (Å²) in [7, 11) is 0. The van der Waals surface area contributed by atoms with Crippen LogP contribution in [0.15, 0.2) is 24.3 Å². The molecule has 0 aliphatic carbocycles. The van der Waals surface area contributed by atoms with Gasteiger partial charge in [-0.3, -0.25) is 0 Å². The number of carboxylic acids is 1. The molecule has 4 nitrogen and oxygen atoms in total. The normalized spacial score (nSPS) is 25.7. The Kier molecular flexibility index (Phi) is 5.76. The second-order valence-electron chi connectivity index (χ2n) is 6.06. The van der Waals surface area contributed by atoms with Crippen LogP contribution in [0.2, 0.25) is 0 Å². The topological polar surface area (TPSA) is 58.6 Å². The summed E-state index contributed by atoms with van der Waals surface area (Å²) in [5, 5.41) is 12.3. The minimum absolute atomic E-state index is 0.337. The summed E-state index contributed by atoms with van der Waals surface area (Å²) in [5.41, 5.74) is 1.46. The first-order chi connectivity index (χ1) is 10.0.